The molecule has 0 bridgehead atoms. The molecule has 0 radical (unpaired) electrons. The molecule has 0 aliphatic carbocycles. The van der Waals surface area contributed by atoms with Crippen LogP contribution in [-0.4, -0.2) is 4.98 Å². The number of hydrogen-bond acceptors (Lipinski definition) is 2. The molecule has 0 atom stereocenters. The predicted molar refractivity (Wildman–Crippen MR) is 59.5 cm³/mol. The zero-order valence-electron chi connectivity index (χ0n) is 9.18. The van der Waals surface area contributed by atoms with Crippen LogP contribution in [0.4, 0.5) is 0 Å². The van der Waals surface area contributed by atoms with Gasteiger partial charge in [0.15, 0.2) is 0 Å². The maximum absolute atomic E-state index is 8.70. The first-order valence-corrected chi connectivity index (χ1v) is 4.71. The van der Waals surface area contributed by atoms with E-state index in [9.17, 15) is 0 Å². The van der Waals surface area contributed by atoms with Gasteiger partial charge in [0, 0.05) is 17.1 Å². The monoisotopic (exact) mass is 191 g/mol. The number of nitrogens with two attached hydrogens (primary N) is 1. The highest BCUT2D eigenvalue weighted by Crippen LogP contribution is 1.82. The van der Waals surface area contributed by atoms with Crippen LogP contribution in [0.25, 0.3) is 11.8 Å². The lowest BCUT2D eigenvalue weighted by Crippen LogP contribution is -2.28. The summed E-state index contributed by atoms with van der Waals surface area (Å²) in [5.41, 5.74) is 6.95. The molecule has 3 heteroatoms. The van der Waals surface area contributed by atoms with E-state index in [-0.39, 0.29) is 0 Å². The van der Waals surface area contributed by atoms with Gasteiger partial charge in [-0.2, -0.15) is 5.26 Å². The van der Waals surface area contributed by atoms with Crippen LogP contribution < -0.4 is 16.3 Å². The fourth-order valence-corrected chi connectivity index (χ4v) is 1.15. The molecule has 14 heavy (non-hydrogen) atoms. The Morgan fingerprint density at radius 2 is 2.14 bits per heavy atom. The Labute approximate surface area is 84.6 Å². The average molecular weight is 191 g/mol. The third-order valence-corrected chi connectivity index (χ3v) is 1.72. The van der Waals surface area contributed by atoms with E-state index in [2.05, 4.69) is 11.1 Å². The minimum Gasteiger partial charge on any atom is -0.401 e. The Balaban J connectivity index is 0.000000791. The molecule has 76 valence electrons. The first kappa shape index (κ1) is 12.3. The van der Waals surface area contributed by atoms with Gasteiger partial charge < -0.3 is 10.7 Å². The maximum Gasteiger partial charge on any atom is 0.101 e. The van der Waals surface area contributed by atoms with Crippen molar-refractivity contribution in [2.45, 2.75) is 27.7 Å². The highest BCUT2D eigenvalue weighted by molar-refractivity contribution is 5.43. The van der Waals surface area contributed by atoms with Gasteiger partial charge in [-0.25, -0.2) is 0 Å². The summed E-state index contributed by atoms with van der Waals surface area (Å²) < 4.78 is 0. The number of nitriles is 1. The molecule has 0 aliphatic rings. The third-order valence-electron chi connectivity index (χ3n) is 1.72. The Morgan fingerprint density at radius 1 is 1.57 bits per heavy atom. The first-order valence-electron chi connectivity index (χ1n) is 4.71. The largest absolute Gasteiger partial charge is 0.401 e. The summed E-state index contributed by atoms with van der Waals surface area (Å²) in [4.78, 5) is 2.96. The van der Waals surface area contributed by atoms with Crippen molar-refractivity contribution in [2.75, 3.05) is 0 Å². The van der Waals surface area contributed by atoms with Crippen LogP contribution in [0.5, 0.6) is 0 Å². The standard InChI is InChI=1S/C9H11N3.C2H6/c1-3-8-7(4-10)5-12-9(8)6(2)11;1-2/h3,5,12H,11H2,1-2H3;1-2H3/b8-3-,9-6-;. The molecule has 0 aromatic carbocycles. The molecule has 0 unspecified atom stereocenters. The molecule has 1 rings (SSSR count). The Morgan fingerprint density at radius 3 is 2.50 bits per heavy atom. The SMILES string of the molecule is C/C=c1/c(C#N)c[nH]/c1=C(/C)N.CC. The minimum absolute atomic E-state index is 0.636. The normalized spacial score (nSPS) is 12.6. The number of aromatic nitrogens is 1. The summed E-state index contributed by atoms with van der Waals surface area (Å²) in [6, 6.07) is 2.09. The summed E-state index contributed by atoms with van der Waals surface area (Å²) >= 11 is 0. The van der Waals surface area contributed by atoms with Crippen molar-refractivity contribution in [1.82, 2.24) is 4.98 Å². The van der Waals surface area contributed by atoms with Gasteiger partial charge in [-0.3, -0.25) is 0 Å². The lowest BCUT2D eigenvalue weighted by Gasteiger charge is -1.85. The zero-order valence-corrected chi connectivity index (χ0v) is 9.18. The Kier molecular flexibility index (Phi) is 5.16. The van der Waals surface area contributed by atoms with Crippen molar-refractivity contribution in [3.63, 3.8) is 0 Å². The lowest BCUT2D eigenvalue weighted by atomic mass is 10.2. The quantitative estimate of drug-likeness (QED) is 0.637. The number of H-pyrrole nitrogens is 1. The van der Waals surface area contributed by atoms with Crippen LogP contribution in [0.15, 0.2) is 6.20 Å². The van der Waals surface area contributed by atoms with E-state index in [1.807, 2.05) is 26.8 Å². The van der Waals surface area contributed by atoms with Crippen LogP contribution >= 0.6 is 0 Å². The second-order valence-electron chi connectivity index (χ2n) is 2.57. The van der Waals surface area contributed by atoms with E-state index >= 15 is 0 Å². The topological polar surface area (TPSA) is 65.6 Å². The second-order valence-corrected chi connectivity index (χ2v) is 2.57. The van der Waals surface area contributed by atoms with Gasteiger partial charge in [0.25, 0.3) is 0 Å². The average Bonchev–Trinajstić information content (AvgIpc) is 2.63. The van der Waals surface area contributed by atoms with E-state index in [1.54, 1.807) is 13.1 Å². The van der Waals surface area contributed by atoms with Crippen LogP contribution in [0.2, 0.25) is 0 Å². The van der Waals surface area contributed by atoms with E-state index in [0.29, 0.717) is 11.3 Å². The molecule has 1 aromatic heterocycles. The van der Waals surface area contributed by atoms with Gasteiger partial charge >= 0.3 is 0 Å². The molecule has 3 N–H and O–H groups in total. The number of nitrogens with one attached hydrogen (secondary N) is 1. The van der Waals surface area contributed by atoms with Crippen molar-refractivity contribution >= 4 is 11.8 Å². The molecule has 1 heterocycles. The first-order chi connectivity index (χ1) is 6.70. The highest BCUT2D eigenvalue weighted by Gasteiger charge is 1.96. The van der Waals surface area contributed by atoms with Crippen molar-refractivity contribution in [2.24, 2.45) is 5.73 Å². The fourth-order valence-electron chi connectivity index (χ4n) is 1.15. The molecule has 0 aliphatic heterocycles. The summed E-state index contributed by atoms with van der Waals surface area (Å²) in [6.45, 7) is 7.69. The van der Waals surface area contributed by atoms with Gasteiger partial charge in [0.05, 0.1) is 10.9 Å². The molecular weight excluding hydrogens is 174 g/mol. The molecule has 3 nitrogen and oxygen atoms in total. The Bertz CT molecular complexity index is 428. The van der Waals surface area contributed by atoms with Crippen LogP contribution in [0.3, 0.4) is 0 Å². The smallest absolute Gasteiger partial charge is 0.101 e. The van der Waals surface area contributed by atoms with Gasteiger partial charge in [-0.1, -0.05) is 19.9 Å². The summed E-state index contributed by atoms with van der Waals surface area (Å²) in [6.07, 6.45) is 3.54. The molecule has 0 saturated carbocycles. The predicted octanol–water partition coefficient (Wildman–Crippen LogP) is 0.800. The van der Waals surface area contributed by atoms with Crippen molar-refractivity contribution in [1.29, 1.82) is 5.26 Å². The highest BCUT2D eigenvalue weighted by atomic mass is 14.7. The number of hydrogen-bond donors (Lipinski definition) is 2. The Hall–Kier alpha value is -1.69. The number of rotatable bonds is 0. The third kappa shape index (κ3) is 2.40. The summed E-state index contributed by atoms with van der Waals surface area (Å²) in [5.74, 6) is 0. The molecule has 0 fully saturated rings. The zero-order chi connectivity index (χ0) is 11.1. The van der Waals surface area contributed by atoms with Gasteiger partial charge in [-0.15, -0.1) is 0 Å². The molecular formula is C11H17N3. The van der Waals surface area contributed by atoms with Crippen LogP contribution in [-0.2, 0) is 0 Å². The van der Waals surface area contributed by atoms with Crippen LogP contribution in [0, 0.1) is 11.3 Å². The van der Waals surface area contributed by atoms with Crippen molar-refractivity contribution in [3.05, 3.63) is 22.3 Å². The van der Waals surface area contributed by atoms with E-state index in [4.69, 9.17) is 11.0 Å². The van der Waals surface area contributed by atoms with E-state index in [1.165, 1.54) is 0 Å². The molecule has 0 spiro atoms. The lowest BCUT2D eigenvalue weighted by molar-refractivity contribution is 1.26. The van der Waals surface area contributed by atoms with Gasteiger partial charge in [0.1, 0.15) is 6.07 Å². The molecule has 0 amide bonds. The van der Waals surface area contributed by atoms with Crippen LogP contribution in [0.1, 0.15) is 33.3 Å². The van der Waals surface area contributed by atoms with Crippen molar-refractivity contribution in [3.8, 4) is 6.07 Å². The minimum atomic E-state index is 0.636. The van der Waals surface area contributed by atoms with E-state index in [0.717, 1.165) is 10.6 Å². The summed E-state index contributed by atoms with van der Waals surface area (Å²) in [5, 5.41) is 10.4. The summed E-state index contributed by atoms with van der Waals surface area (Å²) in [7, 11) is 0. The van der Waals surface area contributed by atoms with Gasteiger partial charge in [-0.05, 0) is 13.8 Å². The molecule has 1 aromatic rings. The molecule has 0 saturated heterocycles. The maximum atomic E-state index is 8.70. The fraction of sp³-hybridized carbons (Fsp3) is 0.364. The number of aromatic amines is 1. The van der Waals surface area contributed by atoms with Gasteiger partial charge in [0.2, 0.25) is 0 Å². The second kappa shape index (κ2) is 5.87. The van der Waals surface area contributed by atoms with E-state index < -0.39 is 0 Å². The van der Waals surface area contributed by atoms with Crippen molar-refractivity contribution < 1.29 is 0 Å². The number of nitrogens with zero attached hydrogens (tertiary/aromatic N) is 1.